The van der Waals surface area contributed by atoms with Gasteiger partial charge in [-0.2, -0.15) is 13.2 Å². The van der Waals surface area contributed by atoms with Gasteiger partial charge in [-0.1, -0.05) is 6.07 Å². The van der Waals surface area contributed by atoms with Crippen LogP contribution < -0.4 is 5.73 Å². The number of alkyl halides is 3. The molecule has 0 aliphatic heterocycles. The minimum atomic E-state index is -4.44. The van der Waals surface area contributed by atoms with Crippen LogP contribution in [-0.2, 0) is 12.7 Å². The van der Waals surface area contributed by atoms with Crippen molar-refractivity contribution in [3.05, 3.63) is 29.6 Å². The molecule has 0 spiro atoms. The lowest BCUT2D eigenvalue weighted by Gasteiger charge is -2.19. The highest BCUT2D eigenvalue weighted by Crippen LogP contribution is 2.27. The molecule has 0 radical (unpaired) electrons. The molecule has 1 heterocycles. The Kier molecular flexibility index (Phi) is 5.14. The minimum Gasteiger partial charge on any atom is -0.370 e. The van der Waals surface area contributed by atoms with Crippen molar-refractivity contribution >= 4 is 5.96 Å². The highest BCUT2D eigenvalue weighted by molar-refractivity contribution is 5.77. The van der Waals surface area contributed by atoms with Gasteiger partial charge in [0.25, 0.3) is 0 Å². The molecule has 1 aromatic rings. The molecule has 0 bridgehead atoms. The fourth-order valence-electron chi connectivity index (χ4n) is 1.54. The van der Waals surface area contributed by atoms with Gasteiger partial charge in [-0.25, -0.2) is 9.98 Å². The number of hydrogen-bond donors (Lipinski definition) is 1. The van der Waals surface area contributed by atoms with Gasteiger partial charge in [0.15, 0.2) is 5.96 Å². The number of nitrogens with two attached hydrogens (primary N) is 1. The Morgan fingerprint density at radius 2 is 1.95 bits per heavy atom. The molecule has 1 rings (SSSR count). The molecule has 0 saturated carbocycles. The van der Waals surface area contributed by atoms with Gasteiger partial charge in [-0.15, -0.1) is 0 Å². The number of guanidine groups is 1. The highest BCUT2D eigenvalue weighted by Gasteiger charge is 2.32. The summed E-state index contributed by atoms with van der Waals surface area (Å²) in [5.74, 6) is 0.309. The Balaban J connectivity index is 2.81. The van der Waals surface area contributed by atoms with Crippen molar-refractivity contribution in [3.8, 4) is 0 Å². The summed E-state index contributed by atoms with van der Waals surface area (Å²) in [4.78, 5) is 9.38. The molecule has 0 atom stereocenters. The normalized spacial score (nSPS) is 12.6. The van der Waals surface area contributed by atoms with Crippen LogP contribution in [0.5, 0.6) is 0 Å². The second-order valence-electron chi connectivity index (χ2n) is 3.86. The monoisotopic (exact) mass is 274 g/mol. The summed E-state index contributed by atoms with van der Waals surface area (Å²) in [6.07, 6.45) is -4.44. The summed E-state index contributed by atoms with van der Waals surface area (Å²) < 4.78 is 37.4. The lowest BCUT2D eigenvalue weighted by atomic mass is 10.3. The minimum absolute atomic E-state index is 0.0340. The number of rotatable bonds is 4. The van der Waals surface area contributed by atoms with Crippen molar-refractivity contribution in [2.45, 2.75) is 26.6 Å². The molecule has 7 heteroatoms. The SMILES string of the molecule is CCN(CC)C(N)=NCc1cccc(C(F)(F)F)n1. The van der Waals surface area contributed by atoms with Crippen LogP contribution >= 0.6 is 0 Å². The molecule has 0 amide bonds. The summed E-state index contributed by atoms with van der Waals surface area (Å²) in [7, 11) is 0. The van der Waals surface area contributed by atoms with Gasteiger partial charge in [0.05, 0.1) is 12.2 Å². The van der Waals surface area contributed by atoms with Crippen molar-refractivity contribution in [3.63, 3.8) is 0 Å². The molecule has 0 aliphatic carbocycles. The fourth-order valence-corrected chi connectivity index (χ4v) is 1.54. The van der Waals surface area contributed by atoms with Crippen LogP contribution in [0.15, 0.2) is 23.2 Å². The van der Waals surface area contributed by atoms with E-state index in [4.69, 9.17) is 5.73 Å². The quantitative estimate of drug-likeness (QED) is 0.677. The molecule has 0 aliphatic rings. The lowest BCUT2D eigenvalue weighted by molar-refractivity contribution is -0.141. The molecule has 0 fully saturated rings. The van der Waals surface area contributed by atoms with Crippen LogP contribution in [-0.4, -0.2) is 28.9 Å². The zero-order valence-electron chi connectivity index (χ0n) is 10.9. The molecule has 0 aromatic carbocycles. The first-order valence-corrected chi connectivity index (χ1v) is 5.96. The van der Waals surface area contributed by atoms with E-state index in [1.54, 1.807) is 0 Å². The van der Waals surface area contributed by atoms with Gasteiger partial charge < -0.3 is 10.6 Å². The van der Waals surface area contributed by atoms with E-state index in [2.05, 4.69) is 9.98 Å². The molecular weight excluding hydrogens is 257 g/mol. The maximum absolute atomic E-state index is 12.5. The summed E-state index contributed by atoms with van der Waals surface area (Å²) in [6, 6.07) is 3.74. The Hall–Kier alpha value is -1.79. The van der Waals surface area contributed by atoms with E-state index in [9.17, 15) is 13.2 Å². The molecule has 0 saturated heterocycles. The number of halogens is 3. The van der Waals surface area contributed by atoms with E-state index in [-0.39, 0.29) is 12.2 Å². The number of hydrogen-bond acceptors (Lipinski definition) is 2. The van der Waals surface area contributed by atoms with Crippen LogP contribution in [0.25, 0.3) is 0 Å². The summed E-state index contributed by atoms with van der Waals surface area (Å²) in [5, 5.41) is 0. The highest BCUT2D eigenvalue weighted by atomic mass is 19.4. The number of nitrogens with zero attached hydrogens (tertiary/aromatic N) is 3. The van der Waals surface area contributed by atoms with Crippen molar-refractivity contribution in [1.29, 1.82) is 0 Å². The molecule has 0 unspecified atom stereocenters. The number of aliphatic imine (C=N–C) groups is 1. The number of aromatic nitrogens is 1. The van der Waals surface area contributed by atoms with Gasteiger partial charge in [0, 0.05) is 13.1 Å². The van der Waals surface area contributed by atoms with Crippen molar-refractivity contribution < 1.29 is 13.2 Å². The zero-order valence-corrected chi connectivity index (χ0v) is 10.9. The second-order valence-corrected chi connectivity index (χ2v) is 3.86. The fraction of sp³-hybridized carbons (Fsp3) is 0.500. The third kappa shape index (κ3) is 4.42. The second kappa shape index (κ2) is 6.40. The van der Waals surface area contributed by atoms with Crippen LogP contribution in [0.1, 0.15) is 25.2 Å². The Morgan fingerprint density at radius 1 is 1.32 bits per heavy atom. The van der Waals surface area contributed by atoms with Crippen LogP contribution in [0.2, 0.25) is 0 Å². The Morgan fingerprint density at radius 3 is 2.47 bits per heavy atom. The molecular formula is C12H17F3N4. The first kappa shape index (κ1) is 15.3. The summed E-state index contributed by atoms with van der Waals surface area (Å²) >= 11 is 0. The van der Waals surface area contributed by atoms with E-state index < -0.39 is 11.9 Å². The predicted molar refractivity (Wildman–Crippen MR) is 67.5 cm³/mol. The summed E-state index contributed by atoms with van der Waals surface area (Å²) in [6.45, 7) is 5.28. The Labute approximate surface area is 110 Å². The zero-order chi connectivity index (χ0) is 14.5. The van der Waals surface area contributed by atoms with E-state index in [0.717, 1.165) is 6.07 Å². The van der Waals surface area contributed by atoms with Crippen LogP contribution in [0, 0.1) is 0 Å². The lowest BCUT2D eigenvalue weighted by Crippen LogP contribution is -2.37. The maximum atomic E-state index is 12.5. The standard InChI is InChI=1S/C12H17F3N4/c1-3-19(4-2)11(16)17-8-9-6-5-7-10(18-9)12(13,14)15/h5-7H,3-4,8H2,1-2H3,(H2,16,17). The molecule has 1 aromatic heterocycles. The first-order valence-electron chi connectivity index (χ1n) is 5.96. The molecule has 106 valence electrons. The Bertz CT molecular complexity index is 439. The maximum Gasteiger partial charge on any atom is 0.433 e. The largest absolute Gasteiger partial charge is 0.433 e. The molecule has 2 N–H and O–H groups in total. The van der Waals surface area contributed by atoms with E-state index in [0.29, 0.717) is 19.0 Å². The van der Waals surface area contributed by atoms with Crippen LogP contribution in [0.3, 0.4) is 0 Å². The van der Waals surface area contributed by atoms with Gasteiger partial charge in [-0.05, 0) is 26.0 Å². The third-order valence-electron chi connectivity index (χ3n) is 2.59. The van der Waals surface area contributed by atoms with Crippen LogP contribution in [0.4, 0.5) is 13.2 Å². The average Bonchev–Trinajstić information content (AvgIpc) is 2.37. The molecule has 19 heavy (non-hydrogen) atoms. The van der Waals surface area contributed by atoms with Crippen molar-refractivity contribution in [2.24, 2.45) is 10.7 Å². The number of pyridine rings is 1. The third-order valence-corrected chi connectivity index (χ3v) is 2.59. The van der Waals surface area contributed by atoms with Gasteiger partial charge in [0.1, 0.15) is 5.69 Å². The first-order chi connectivity index (χ1) is 8.88. The average molecular weight is 274 g/mol. The van der Waals surface area contributed by atoms with Gasteiger partial charge in [0.2, 0.25) is 0 Å². The summed E-state index contributed by atoms with van der Waals surface area (Å²) in [5.41, 5.74) is 5.06. The van der Waals surface area contributed by atoms with Crippen molar-refractivity contribution in [1.82, 2.24) is 9.88 Å². The van der Waals surface area contributed by atoms with E-state index in [1.165, 1.54) is 12.1 Å². The van der Waals surface area contributed by atoms with Gasteiger partial charge >= 0.3 is 6.18 Å². The molecule has 4 nitrogen and oxygen atoms in total. The van der Waals surface area contributed by atoms with E-state index >= 15 is 0 Å². The smallest absolute Gasteiger partial charge is 0.370 e. The van der Waals surface area contributed by atoms with E-state index in [1.807, 2.05) is 18.7 Å². The topological polar surface area (TPSA) is 54.5 Å². The van der Waals surface area contributed by atoms with Gasteiger partial charge in [-0.3, -0.25) is 0 Å². The predicted octanol–water partition coefficient (Wildman–Crippen LogP) is 2.26. The van der Waals surface area contributed by atoms with Crippen molar-refractivity contribution in [2.75, 3.05) is 13.1 Å².